The van der Waals surface area contributed by atoms with Gasteiger partial charge in [0.15, 0.2) is 0 Å². The van der Waals surface area contributed by atoms with Gasteiger partial charge in [-0.25, -0.2) is 4.98 Å². The summed E-state index contributed by atoms with van der Waals surface area (Å²) in [7, 11) is 0. The van der Waals surface area contributed by atoms with Gasteiger partial charge in [-0.3, -0.25) is 14.7 Å². The lowest BCUT2D eigenvalue weighted by Crippen LogP contribution is -2.29. The summed E-state index contributed by atoms with van der Waals surface area (Å²) in [5.74, 6) is -0.0837. The van der Waals surface area contributed by atoms with Gasteiger partial charge >= 0.3 is 0 Å². The number of hydrogen-bond acceptors (Lipinski definition) is 5. The first-order valence-electron chi connectivity index (χ1n) is 10.2. The minimum atomic E-state index is -0.0837. The fraction of sp³-hybridized carbons (Fsp3) is 0.348. The third-order valence-electron chi connectivity index (χ3n) is 5.22. The molecule has 1 saturated heterocycles. The Morgan fingerprint density at radius 1 is 1.07 bits per heavy atom. The fourth-order valence-electron chi connectivity index (χ4n) is 3.61. The molecule has 0 atom stereocenters. The van der Waals surface area contributed by atoms with E-state index in [1.54, 1.807) is 6.20 Å². The van der Waals surface area contributed by atoms with Crippen molar-refractivity contribution in [3.05, 3.63) is 70.4 Å². The van der Waals surface area contributed by atoms with E-state index >= 15 is 0 Å². The second-order valence-corrected chi connectivity index (χ2v) is 8.48. The minimum absolute atomic E-state index is 0.0837. The average molecular weight is 407 g/mol. The Labute approximate surface area is 175 Å². The highest BCUT2D eigenvalue weighted by atomic mass is 32.1. The van der Waals surface area contributed by atoms with Crippen molar-refractivity contribution < 1.29 is 4.79 Å². The van der Waals surface area contributed by atoms with Crippen molar-refractivity contribution >= 4 is 17.2 Å². The zero-order valence-corrected chi connectivity index (χ0v) is 17.5. The number of piperidine rings is 1. The number of pyridine rings is 1. The maximum Gasteiger partial charge on any atom is 0.263 e. The van der Waals surface area contributed by atoms with E-state index in [1.807, 2.05) is 25.1 Å². The molecule has 1 aliphatic rings. The third-order valence-corrected chi connectivity index (χ3v) is 6.40. The number of amides is 1. The molecule has 0 unspecified atom stereocenters. The Hall–Kier alpha value is -2.57. The van der Waals surface area contributed by atoms with Crippen LogP contribution in [0.5, 0.6) is 0 Å². The molecule has 0 bridgehead atoms. The predicted molar refractivity (Wildman–Crippen MR) is 117 cm³/mol. The van der Waals surface area contributed by atoms with Crippen LogP contribution in [-0.4, -0.2) is 33.9 Å². The van der Waals surface area contributed by atoms with Gasteiger partial charge in [0.25, 0.3) is 5.91 Å². The highest BCUT2D eigenvalue weighted by Gasteiger charge is 2.16. The van der Waals surface area contributed by atoms with Crippen LogP contribution in [-0.2, 0) is 13.1 Å². The monoisotopic (exact) mass is 406 g/mol. The number of aromatic nitrogens is 2. The topological polar surface area (TPSA) is 58.1 Å². The summed E-state index contributed by atoms with van der Waals surface area (Å²) in [6.07, 6.45) is 5.71. The quantitative estimate of drug-likeness (QED) is 0.658. The third kappa shape index (κ3) is 5.08. The Kier molecular flexibility index (Phi) is 6.32. The van der Waals surface area contributed by atoms with Crippen molar-refractivity contribution in [3.8, 4) is 10.7 Å². The van der Waals surface area contributed by atoms with E-state index in [-0.39, 0.29) is 5.91 Å². The highest BCUT2D eigenvalue weighted by molar-refractivity contribution is 7.17. The van der Waals surface area contributed by atoms with Gasteiger partial charge in [0.2, 0.25) is 0 Å². The number of likely N-dealkylation sites (tertiary alicyclic amines) is 1. The van der Waals surface area contributed by atoms with E-state index in [4.69, 9.17) is 0 Å². The lowest BCUT2D eigenvalue weighted by atomic mass is 10.1. The molecule has 1 N–H and O–H groups in total. The first-order valence-corrected chi connectivity index (χ1v) is 11.0. The molecule has 1 aromatic carbocycles. The second kappa shape index (κ2) is 9.29. The van der Waals surface area contributed by atoms with Crippen molar-refractivity contribution in [2.75, 3.05) is 13.1 Å². The van der Waals surface area contributed by atoms with Gasteiger partial charge in [-0.15, -0.1) is 11.3 Å². The van der Waals surface area contributed by atoms with Gasteiger partial charge < -0.3 is 5.32 Å². The van der Waals surface area contributed by atoms with E-state index in [0.717, 1.165) is 28.5 Å². The molecule has 6 heteroatoms. The van der Waals surface area contributed by atoms with Crippen LogP contribution in [0.3, 0.4) is 0 Å². The molecule has 3 aromatic rings. The van der Waals surface area contributed by atoms with Crippen LogP contribution in [0.15, 0.2) is 48.7 Å². The molecule has 0 aliphatic carbocycles. The molecule has 29 heavy (non-hydrogen) atoms. The molecule has 150 valence electrons. The lowest BCUT2D eigenvalue weighted by molar-refractivity contribution is 0.0954. The van der Waals surface area contributed by atoms with Crippen molar-refractivity contribution in [1.29, 1.82) is 0 Å². The summed E-state index contributed by atoms with van der Waals surface area (Å²) in [6.45, 7) is 5.80. The number of rotatable bonds is 6. The molecule has 0 saturated carbocycles. The molecule has 3 heterocycles. The van der Waals surface area contributed by atoms with Gasteiger partial charge in [0, 0.05) is 19.3 Å². The number of aryl methyl sites for hydroxylation is 1. The summed E-state index contributed by atoms with van der Waals surface area (Å²) in [5.41, 5.74) is 3.97. The number of carbonyl (C=O) groups excluding carboxylic acids is 1. The molecule has 1 fully saturated rings. The smallest absolute Gasteiger partial charge is 0.263 e. The maximum atomic E-state index is 12.6. The average Bonchev–Trinajstić information content (AvgIpc) is 3.16. The first kappa shape index (κ1) is 19.7. The molecular formula is C23H26N4OS. The Balaban J connectivity index is 1.34. The van der Waals surface area contributed by atoms with E-state index in [9.17, 15) is 4.79 Å². The van der Waals surface area contributed by atoms with Crippen molar-refractivity contribution in [3.63, 3.8) is 0 Å². The summed E-state index contributed by atoms with van der Waals surface area (Å²) in [4.78, 5) is 24.6. The summed E-state index contributed by atoms with van der Waals surface area (Å²) in [6, 6.07) is 14.3. The molecule has 0 radical (unpaired) electrons. The highest BCUT2D eigenvalue weighted by Crippen LogP contribution is 2.26. The number of nitrogens with one attached hydrogen (secondary N) is 1. The molecule has 0 spiro atoms. The lowest BCUT2D eigenvalue weighted by Gasteiger charge is -2.26. The van der Waals surface area contributed by atoms with Crippen LogP contribution < -0.4 is 5.32 Å². The van der Waals surface area contributed by atoms with Gasteiger partial charge in [0.05, 0.1) is 11.4 Å². The van der Waals surface area contributed by atoms with E-state index in [2.05, 4.69) is 44.5 Å². The number of thiazole rings is 1. The Bertz CT molecular complexity index is 947. The molecule has 5 nitrogen and oxygen atoms in total. The summed E-state index contributed by atoms with van der Waals surface area (Å²) in [5, 5.41) is 3.80. The molecule has 2 aromatic heterocycles. The van der Waals surface area contributed by atoms with E-state index in [1.165, 1.54) is 49.3 Å². The Morgan fingerprint density at radius 3 is 2.55 bits per heavy atom. The normalized spacial score (nSPS) is 14.7. The first-order chi connectivity index (χ1) is 14.2. The van der Waals surface area contributed by atoms with E-state index in [0.29, 0.717) is 11.4 Å². The van der Waals surface area contributed by atoms with Crippen molar-refractivity contribution in [2.45, 2.75) is 39.3 Å². The van der Waals surface area contributed by atoms with Gasteiger partial charge in [-0.05, 0) is 56.1 Å². The molecule has 1 aliphatic heterocycles. The van der Waals surface area contributed by atoms with Crippen LogP contribution in [0, 0.1) is 6.92 Å². The standard InChI is InChI=1S/C23H26N4OS/c1-17-21(29-23(26-17)20-7-3-4-12-24-20)22(28)25-15-18-8-10-19(11-9-18)16-27-13-5-2-6-14-27/h3-4,7-12H,2,5-6,13-16H2,1H3,(H,25,28). The maximum absolute atomic E-state index is 12.6. The number of carbonyl (C=O) groups is 1. The number of benzene rings is 1. The number of hydrogen-bond donors (Lipinski definition) is 1. The van der Waals surface area contributed by atoms with Gasteiger partial charge in [-0.1, -0.05) is 36.8 Å². The minimum Gasteiger partial charge on any atom is -0.347 e. The molecule has 1 amide bonds. The summed E-state index contributed by atoms with van der Waals surface area (Å²) >= 11 is 1.39. The van der Waals surface area contributed by atoms with Crippen LogP contribution in [0.25, 0.3) is 10.7 Å². The molecular weight excluding hydrogens is 380 g/mol. The van der Waals surface area contributed by atoms with Crippen LogP contribution in [0.1, 0.15) is 45.8 Å². The second-order valence-electron chi connectivity index (χ2n) is 7.48. The fourth-order valence-corrected chi connectivity index (χ4v) is 4.57. The zero-order valence-electron chi connectivity index (χ0n) is 16.7. The van der Waals surface area contributed by atoms with Crippen LogP contribution in [0.2, 0.25) is 0 Å². The Morgan fingerprint density at radius 2 is 1.83 bits per heavy atom. The summed E-state index contributed by atoms with van der Waals surface area (Å²) < 4.78 is 0. The van der Waals surface area contributed by atoms with E-state index < -0.39 is 0 Å². The predicted octanol–water partition coefficient (Wildman–Crippen LogP) is 4.43. The largest absolute Gasteiger partial charge is 0.347 e. The van der Waals surface area contributed by atoms with Gasteiger partial charge in [-0.2, -0.15) is 0 Å². The SMILES string of the molecule is Cc1nc(-c2ccccn2)sc1C(=O)NCc1ccc(CN2CCCCC2)cc1. The van der Waals surface area contributed by atoms with Crippen LogP contribution >= 0.6 is 11.3 Å². The van der Waals surface area contributed by atoms with Crippen molar-refractivity contribution in [1.82, 2.24) is 20.2 Å². The number of nitrogens with zero attached hydrogens (tertiary/aromatic N) is 3. The van der Waals surface area contributed by atoms with Gasteiger partial charge in [0.1, 0.15) is 9.88 Å². The zero-order chi connectivity index (χ0) is 20.1. The van der Waals surface area contributed by atoms with Crippen LogP contribution in [0.4, 0.5) is 0 Å². The van der Waals surface area contributed by atoms with Crippen molar-refractivity contribution in [2.24, 2.45) is 0 Å². The molecule has 4 rings (SSSR count).